The van der Waals surface area contributed by atoms with Gasteiger partial charge in [-0.2, -0.15) is 0 Å². The SMILES string of the molecule is CCCc1ccc(C(=O)OP(=O)(O)Oc2ccc(C(C)C)cc2)cc1. The number of carbonyl (C=O) groups excluding carboxylic acids is 1. The van der Waals surface area contributed by atoms with Gasteiger partial charge in [-0.15, -0.1) is 0 Å². The molecule has 2 rings (SSSR count). The third-order valence-electron chi connectivity index (χ3n) is 3.69. The number of hydrogen-bond acceptors (Lipinski definition) is 4. The van der Waals surface area contributed by atoms with Crippen molar-refractivity contribution in [3.8, 4) is 5.75 Å². The lowest BCUT2D eigenvalue weighted by molar-refractivity contribution is 0.0683. The van der Waals surface area contributed by atoms with Crippen molar-refractivity contribution in [3.05, 3.63) is 65.2 Å². The Bertz CT molecular complexity index is 750. The van der Waals surface area contributed by atoms with Crippen molar-refractivity contribution in [2.75, 3.05) is 0 Å². The molecule has 0 heterocycles. The van der Waals surface area contributed by atoms with Crippen molar-refractivity contribution in [1.29, 1.82) is 0 Å². The topological polar surface area (TPSA) is 72.8 Å². The van der Waals surface area contributed by atoms with Crippen molar-refractivity contribution in [1.82, 2.24) is 0 Å². The van der Waals surface area contributed by atoms with Crippen LogP contribution in [-0.4, -0.2) is 10.9 Å². The van der Waals surface area contributed by atoms with Crippen LogP contribution >= 0.6 is 7.82 Å². The van der Waals surface area contributed by atoms with Gasteiger partial charge in [-0.05, 0) is 47.7 Å². The Morgan fingerprint density at radius 3 is 2.20 bits per heavy atom. The quantitative estimate of drug-likeness (QED) is 0.694. The Labute approximate surface area is 148 Å². The Hall–Kier alpha value is -2.10. The van der Waals surface area contributed by atoms with Crippen LogP contribution in [0.1, 0.15) is 54.6 Å². The van der Waals surface area contributed by atoms with Gasteiger partial charge in [0.2, 0.25) is 0 Å². The molecule has 25 heavy (non-hydrogen) atoms. The molecule has 2 aromatic rings. The molecule has 0 spiro atoms. The summed E-state index contributed by atoms with van der Waals surface area (Å²) in [4.78, 5) is 21.8. The fourth-order valence-electron chi connectivity index (χ4n) is 2.32. The molecule has 1 atom stereocenters. The fourth-order valence-corrected chi connectivity index (χ4v) is 3.06. The second kappa shape index (κ2) is 8.32. The number of benzene rings is 2. The molecule has 6 heteroatoms. The monoisotopic (exact) mass is 362 g/mol. The van der Waals surface area contributed by atoms with Crippen molar-refractivity contribution in [3.63, 3.8) is 0 Å². The molecule has 1 N–H and O–H groups in total. The summed E-state index contributed by atoms with van der Waals surface area (Å²) >= 11 is 0. The molecule has 0 saturated carbocycles. The van der Waals surface area contributed by atoms with E-state index >= 15 is 0 Å². The molecule has 134 valence electrons. The predicted octanol–water partition coefficient (Wildman–Crippen LogP) is 5.10. The molecule has 0 bridgehead atoms. The smallest absolute Gasteiger partial charge is 0.395 e. The summed E-state index contributed by atoms with van der Waals surface area (Å²) in [7, 11) is -4.55. The maximum Gasteiger partial charge on any atom is 0.587 e. The number of aryl methyl sites for hydroxylation is 1. The zero-order valence-corrected chi connectivity index (χ0v) is 15.5. The van der Waals surface area contributed by atoms with Crippen LogP contribution in [0.5, 0.6) is 5.75 Å². The predicted molar refractivity (Wildman–Crippen MR) is 96.8 cm³/mol. The Morgan fingerprint density at radius 1 is 1.08 bits per heavy atom. The van der Waals surface area contributed by atoms with Crippen LogP contribution in [0.2, 0.25) is 0 Å². The lowest BCUT2D eigenvalue weighted by Crippen LogP contribution is -2.06. The van der Waals surface area contributed by atoms with Crippen molar-refractivity contribution in [2.45, 2.75) is 39.5 Å². The summed E-state index contributed by atoms with van der Waals surface area (Å²) in [5, 5.41) is 0. The summed E-state index contributed by atoms with van der Waals surface area (Å²) in [6.07, 6.45) is 1.91. The zero-order chi connectivity index (χ0) is 18.4. The Balaban J connectivity index is 2.01. The van der Waals surface area contributed by atoms with Crippen molar-refractivity contribution >= 4 is 13.8 Å². The highest BCUT2D eigenvalue weighted by Gasteiger charge is 2.28. The molecule has 0 aliphatic carbocycles. The maximum atomic E-state index is 12.0. The lowest BCUT2D eigenvalue weighted by atomic mass is 10.0. The minimum Gasteiger partial charge on any atom is -0.395 e. The van der Waals surface area contributed by atoms with E-state index in [1.807, 2.05) is 13.8 Å². The third kappa shape index (κ3) is 5.73. The van der Waals surface area contributed by atoms with E-state index in [-0.39, 0.29) is 11.3 Å². The first-order valence-electron chi connectivity index (χ1n) is 8.26. The minimum absolute atomic E-state index is 0.168. The van der Waals surface area contributed by atoms with Crippen molar-refractivity contribution < 1.29 is 23.3 Å². The first-order valence-corrected chi connectivity index (χ1v) is 9.75. The molecular formula is C19H23O5P. The van der Waals surface area contributed by atoms with Gasteiger partial charge in [-0.1, -0.05) is 51.5 Å². The van der Waals surface area contributed by atoms with Gasteiger partial charge >= 0.3 is 13.8 Å². The number of rotatable bonds is 7. The molecule has 0 amide bonds. The van der Waals surface area contributed by atoms with E-state index in [0.717, 1.165) is 24.0 Å². The number of hydrogen-bond donors (Lipinski definition) is 1. The van der Waals surface area contributed by atoms with E-state index in [9.17, 15) is 14.3 Å². The van der Waals surface area contributed by atoms with Crippen molar-refractivity contribution in [2.24, 2.45) is 0 Å². The minimum atomic E-state index is -4.55. The Kier molecular flexibility index (Phi) is 6.40. The molecular weight excluding hydrogens is 339 g/mol. The highest BCUT2D eigenvalue weighted by Crippen LogP contribution is 2.44. The van der Waals surface area contributed by atoms with Gasteiger partial charge in [0.1, 0.15) is 5.75 Å². The van der Waals surface area contributed by atoms with Crippen LogP contribution in [0.3, 0.4) is 0 Å². The average molecular weight is 362 g/mol. The molecule has 0 radical (unpaired) electrons. The van der Waals surface area contributed by atoms with E-state index < -0.39 is 13.8 Å². The zero-order valence-electron chi connectivity index (χ0n) is 14.6. The molecule has 5 nitrogen and oxygen atoms in total. The van der Waals surface area contributed by atoms with E-state index in [1.165, 1.54) is 0 Å². The summed E-state index contributed by atoms with van der Waals surface area (Å²) in [5.74, 6) is -0.391. The Morgan fingerprint density at radius 2 is 1.68 bits per heavy atom. The van der Waals surface area contributed by atoms with Gasteiger partial charge in [0.25, 0.3) is 0 Å². The number of phosphoric acid groups is 1. The lowest BCUT2D eigenvalue weighted by Gasteiger charge is -2.13. The first-order chi connectivity index (χ1) is 11.8. The molecule has 1 unspecified atom stereocenters. The standard InChI is InChI=1S/C19H23O5P/c1-4-5-15-6-8-17(9-7-15)19(20)24-25(21,22)23-18-12-10-16(11-13-18)14(2)3/h6-14H,4-5H2,1-3H3,(H,21,22). The van der Waals surface area contributed by atoms with Crippen LogP contribution < -0.4 is 4.52 Å². The van der Waals surface area contributed by atoms with Crippen LogP contribution in [0, 0.1) is 0 Å². The second-order valence-electron chi connectivity index (χ2n) is 6.11. The summed E-state index contributed by atoms with van der Waals surface area (Å²) < 4.78 is 21.7. The number of carbonyl (C=O) groups is 1. The largest absolute Gasteiger partial charge is 0.587 e. The van der Waals surface area contributed by atoms with Crippen LogP contribution in [0.15, 0.2) is 48.5 Å². The van der Waals surface area contributed by atoms with Crippen LogP contribution in [0.25, 0.3) is 0 Å². The maximum absolute atomic E-state index is 12.0. The normalized spacial score (nSPS) is 13.3. The average Bonchev–Trinajstić information content (AvgIpc) is 2.55. The molecule has 0 fully saturated rings. The number of phosphoric ester groups is 1. The highest BCUT2D eigenvalue weighted by atomic mass is 31.2. The molecule has 0 aliphatic heterocycles. The van der Waals surface area contributed by atoms with Gasteiger partial charge in [0.15, 0.2) is 0 Å². The molecule has 0 aliphatic rings. The van der Waals surface area contributed by atoms with E-state index in [1.54, 1.807) is 48.5 Å². The molecule has 0 aromatic heterocycles. The van der Waals surface area contributed by atoms with E-state index in [4.69, 9.17) is 4.52 Å². The van der Waals surface area contributed by atoms with E-state index in [2.05, 4.69) is 11.4 Å². The second-order valence-corrected chi connectivity index (χ2v) is 7.41. The van der Waals surface area contributed by atoms with Gasteiger partial charge in [0, 0.05) is 0 Å². The summed E-state index contributed by atoms with van der Waals surface area (Å²) in [6.45, 7) is 6.15. The van der Waals surface area contributed by atoms with Gasteiger partial charge in [-0.25, -0.2) is 9.36 Å². The van der Waals surface area contributed by atoms with Crippen LogP contribution in [-0.2, 0) is 15.5 Å². The fraction of sp³-hybridized carbons (Fsp3) is 0.316. The molecule has 0 saturated heterocycles. The summed E-state index contributed by atoms with van der Waals surface area (Å²) in [5.41, 5.74) is 2.37. The summed E-state index contributed by atoms with van der Waals surface area (Å²) in [6, 6.07) is 13.5. The highest BCUT2D eigenvalue weighted by molar-refractivity contribution is 7.48. The third-order valence-corrected chi connectivity index (χ3v) is 4.53. The van der Waals surface area contributed by atoms with Gasteiger partial charge in [0.05, 0.1) is 5.56 Å². The van der Waals surface area contributed by atoms with Gasteiger partial charge < -0.3 is 9.05 Å². The van der Waals surface area contributed by atoms with E-state index in [0.29, 0.717) is 5.92 Å². The first kappa shape index (κ1) is 19.2. The molecule has 2 aromatic carbocycles. The van der Waals surface area contributed by atoms with Crippen LogP contribution in [0.4, 0.5) is 0 Å². The van der Waals surface area contributed by atoms with Gasteiger partial charge in [-0.3, -0.25) is 4.89 Å².